The molecule has 0 aromatic heterocycles. The number of rotatable bonds is 8. The predicted octanol–water partition coefficient (Wildman–Crippen LogP) is 4.94. The molecular formula is C25H25NO5. The van der Waals surface area contributed by atoms with Gasteiger partial charge in [0.15, 0.2) is 0 Å². The van der Waals surface area contributed by atoms with Crippen LogP contribution in [-0.4, -0.2) is 25.6 Å². The molecule has 6 heteroatoms. The number of amides is 1. The molecule has 0 fully saturated rings. The van der Waals surface area contributed by atoms with Crippen LogP contribution in [0, 0.1) is 6.92 Å². The number of carbonyl (C=O) groups is 2. The van der Waals surface area contributed by atoms with E-state index in [1.807, 2.05) is 49.4 Å². The number of aryl methyl sites for hydroxylation is 1. The van der Waals surface area contributed by atoms with Crippen molar-refractivity contribution >= 4 is 17.6 Å². The Labute approximate surface area is 181 Å². The van der Waals surface area contributed by atoms with Crippen molar-refractivity contribution in [2.45, 2.75) is 20.0 Å². The first kappa shape index (κ1) is 21.9. The van der Waals surface area contributed by atoms with Crippen LogP contribution in [0.2, 0.25) is 0 Å². The number of esters is 1. The molecule has 3 rings (SSSR count). The predicted molar refractivity (Wildman–Crippen MR) is 119 cm³/mol. The van der Waals surface area contributed by atoms with Crippen LogP contribution in [0.15, 0.2) is 72.8 Å². The Morgan fingerprint density at radius 3 is 2.32 bits per heavy atom. The Morgan fingerprint density at radius 1 is 0.968 bits per heavy atom. The molecule has 0 bridgehead atoms. The van der Waals surface area contributed by atoms with E-state index in [9.17, 15) is 9.59 Å². The van der Waals surface area contributed by atoms with E-state index in [1.54, 1.807) is 44.4 Å². The zero-order valence-electron chi connectivity index (χ0n) is 17.8. The van der Waals surface area contributed by atoms with E-state index < -0.39 is 12.1 Å². The normalized spacial score (nSPS) is 11.3. The molecule has 6 nitrogen and oxygen atoms in total. The van der Waals surface area contributed by atoms with Crippen LogP contribution in [0.5, 0.6) is 11.5 Å². The Hall–Kier alpha value is -3.80. The van der Waals surface area contributed by atoms with Gasteiger partial charge in [-0.2, -0.15) is 0 Å². The number of hydrogen-bond acceptors (Lipinski definition) is 5. The summed E-state index contributed by atoms with van der Waals surface area (Å²) in [5.74, 6) is 0.264. The molecule has 0 aliphatic heterocycles. The molecule has 0 saturated heterocycles. The Balaban J connectivity index is 1.85. The molecule has 0 spiro atoms. The number of ether oxygens (including phenoxy) is 3. The molecule has 0 unspecified atom stereocenters. The molecule has 160 valence electrons. The third kappa shape index (κ3) is 5.63. The fourth-order valence-corrected chi connectivity index (χ4v) is 3.04. The van der Waals surface area contributed by atoms with Crippen molar-refractivity contribution in [2.75, 3.05) is 19.0 Å². The second-order valence-electron chi connectivity index (χ2n) is 6.85. The first-order valence-electron chi connectivity index (χ1n) is 9.96. The molecule has 1 N–H and O–H groups in total. The number of anilines is 1. The summed E-state index contributed by atoms with van der Waals surface area (Å²) >= 11 is 0. The van der Waals surface area contributed by atoms with E-state index in [-0.39, 0.29) is 5.91 Å². The van der Waals surface area contributed by atoms with Crippen molar-refractivity contribution in [1.29, 1.82) is 0 Å². The van der Waals surface area contributed by atoms with Crippen LogP contribution < -0.4 is 14.8 Å². The Morgan fingerprint density at radius 2 is 1.68 bits per heavy atom. The second-order valence-corrected chi connectivity index (χ2v) is 6.85. The Kier molecular flexibility index (Phi) is 7.27. The molecule has 0 aliphatic rings. The molecule has 1 atom stereocenters. The van der Waals surface area contributed by atoms with Gasteiger partial charge in [0.1, 0.15) is 11.5 Å². The van der Waals surface area contributed by atoms with E-state index in [0.717, 1.165) is 5.56 Å². The van der Waals surface area contributed by atoms with Gasteiger partial charge in [-0.05, 0) is 55.8 Å². The monoisotopic (exact) mass is 419 g/mol. The smallest absolute Gasteiger partial charge is 0.338 e. The maximum absolute atomic E-state index is 13.2. The molecule has 0 aliphatic carbocycles. The minimum Gasteiger partial charge on any atom is -0.495 e. The van der Waals surface area contributed by atoms with Crippen molar-refractivity contribution in [3.63, 3.8) is 0 Å². The van der Waals surface area contributed by atoms with Crippen LogP contribution in [0.25, 0.3) is 0 Å². The topological polar surface area (TPSA) is 73.9 Å². The van der Waals surface area contributed by atoms with Crippen molar-refractivity contribution < 1.29 is 23.8 Å². The minimum absolute atomic E-state index is 0.301. The highest BCUT2D eigenvalue weighted by atomic mass is 16.5. The van der Waals surface area contributed by atoms with Gasteiger partial charge in [-0.1, -0.05) is 36.4 Å². The fourth-order valence-electron chi connectivity index (χ4n) is 3.04. The summed E-state index contributed by atoms with van der Waals surface area (Å²) in [5, 5.41) is 2.90. The minimum atomic E-state index is -0.903. The van der Waals surface area contributed by atoms with Gasteiger partial charge in [0.05, 0.1) is 25.0 Å². The van der Waals surface area contributed by atoms with Gasteiger partial charge < -0.3 is 19.5 Å². The average Bonchev–Trinajstić information content (AvgIpc) is 2.78. The Bertz CT molecular complexity index is 1030. The molecule has 0 heterocycles. The van der Waals surface area contributed by atoms with Crippen LogP contribution in [0.4, 0.5) is 5.69 Å². The number of hydrogen-bond donors (Lipinski definition) is 1. The largest absolute Gasteiger partial charge is 0.495 e. The van der Waals surface area contributed by atoms with Crippen molar-refractivity contribution in [2.24, 2.45) is 0 Å². The zero-order valence-corrected chi connectivity index (χ0v) is 17.8. The summed E-state index contributed by atoms with van der Waals surface area (Å²) < 4.78 is 16.4. The third-order valence-corrected chi connectivity index (χ3v) is 4.57. The summed E-state index contributed by atoms with van der Waals surface area (Å²) in [5.41, 5.74) is 2.66. The van der Waals surface area contributed by atoms with Gasteiger partial charge in [-0.3, -0.25) is 4.79 Å². The van der Waals surface area contributed by atoms with Gasteiger partial charge in [0.2, 0.25) is 6.10 Å². The molecule has 1 amide bonds. The third-order valence-electron chi connectivity index (χ3n) is 4.57. The van der Waals surface area contributed by atoms with E-state index in [0.29, 0.717) is 34.9 Å². The molecule has 0 radical (unpaired) electrons. The number of carbonyl (C=O) groups excluding carboxylic acids is 2. The summed E-state index contributed by atoms with van der Waals surface area (Å²) in [6.07, 6.45) is -0.903. The van der Waals surface area contributed by atoms with Crippen molar-refractivity contribution in [3.8, 4) is 11.5 Å². The first-order chi connectivity index (χ1) is 15.0. The lowest BCUT2D eigenvalue weighted by Gasteiger charge is -2.20. The highest BCUT2D eigenvalue weighted by Gasteiger charge is 2.24. The van der Waals surface area contributed by atoms with E-state index in [1.165, 1.54) is 0 Å². The van der Waals surface area contributed by atoms with Crippen LogP contribution in [0.3, 0.4) is 0 Å². The van der Waals surface area contributed by atoms with Crippen LogP contribution in [0.1, 0.15) is 34.5 Å². The molecule has 0 saturated carbocycles. The van der Waals surface area contributed by atoms with Gasteiger partial charge >= 0.3 is 5.97 Å². The zero-order chi connectivity index (χ0) is 22.2. The van der Waals surface area contributed by atoms with Gasteiger partial charge in [0, 0.05) is 5.56 Å². The van der Waals surface area contributed by atoms with Crippen LogP contribution >= 0.6 is 0 Å². The van der Waals surface area contributed by atoms with E-state index >= 15 is 0 Å². The van der Waals surface area contributed by atoms with Crippen molar-refractivity contribution in [3.05, 3.63) is 89.5 Å². The first-order valence-corrected chi connectivity index (χ1v) is 9.96. The lowest BCUT2D eigenvalue weighted by atomic mass is 10.1. The quantitative estimate of drug-likeness (QED) is 0.524. The van der Waals surface area contributed by atoms with Crippen molar-refractivity contribution in [1.82, 2.24) is 0 Å². The lowest BCUT2D eigenvalue weighted by Crippen LogP contribution is -2.26. The SMILES string of the molecule is CCOC(=O)c1ccc(O[C@@H](C(=O)Nc2cc(C)ccc2OC)c2ccccc2)cc1. The fraction of sp³-hybridized carbons (Fsp3) is 0.200. The second kappa shape index (κ2) is 10.3. The highest BCUT2D eigenvalue weighted by Crippen LogP contribution is 2.29. The maximum atomic E-state index is 13.2. The van der Waals surface area contributed by atoms with E-state index in [2.05, 4.69) is 5.32 Å². The van der Waals surface area contributed by atoms with Gasteiger partial charge in [-0.25, -0.2) is 4.79 Å². The van der Waals surface area contributed by atoms with E-state index in [4.69, 9.17) is 14.2 Å². The molecule has 3 aromatic carbocycles. The molecule has 31 heavy (non-hydrogen) atoms. The summed E-state index contributed by atoms with van der Waals surface area (Å²) in [6.45, 7) is 3.99. The molecular weight excluding hydrogens is 394 g/mol. The van der Waals surface area contributed by atoms with Gasteiger partial charge in [0.25, 0.3) is 5.91 Å². The number of methoxy groups -OCH3 is 1. The number of benzene rings is 3. The summed E-state index contributed by atoms with van der Waals surface area (Å²) in [4.78, 5) is 25.1. The van der Waals surface area contributed by atoms with Crippen LogP contribution in [-0.2, 0) is 9.53 Å². The average molecular weight is 419 g/mol. The molecule has 3 aromatic rings. The highest BCUT2D eigenvalue weighted by molar-refractivity contribution is 5.96. The summed E-state index contributed by atoms with van der Waals surface area (Å²) in [7, 11) is 1.55. The van der Waals surface area contributed by atoms with Gasteiger partial charge in [-0.15, -0.1) is 0 Å². The number of nitrogens with one attached hydrogen (secondary N) is 1. The summed E-state index contributed by atoms with van der Waals surface area (Å²) in [6, 6.07) is 21.3. The standard InChI is InChI=1S/C25H25NO5/c1-4-30-25(28)19-11-13-20(14-12-19)31-23(18-8-6-5-7-9-18)24(27)26-21-16-17(2)10-15-22(21)29-3/h5-16,23H,4H2,1-3H3,(H,26,27)/t23-/m1/s1. The lowest BCUT2D eigenvalue weighted by molar-refractivity contribution is -0.123. The maximum Gasteiger partial charge on any atom is 0.338 e.